The molecule has 16 heavy (non-hydrogen) atoms. The van der Waals surface area contributed by atoms with E-state index in [-0.39, 0.29) is 12.1 Å². The van der Waals surface area contributed by atoms with E-state index in [9.17, 15) is 19.4 Å². The Bertz CT molecular complexity index is 393. The van der Waals surface area contributed by atoms with E-state index in [0.717, 1.165) is 5.54 Å². The highest BCUT2D eigenvalue weighted by Crippen LogP contribution is 2.13. The monoisotopic (exact) mass is 228 g/mol. The van der Waals surface area contributed by atoms with E-state index < -0.39 is 16.9 Å². The first kappa shape index (κ1) is 12.1. The number of halogens is 1. The first-order valence-corrected chi connectivity index (χ1v) is 4.37. The fourth-order valence-electron chi connectivity index (χ4n) is 1.16. The molecule has 1 atom stereocenters. The zero-order valence-electron chi connectivity index (χ0n) is 8.09. The molecule has 1 aromatic carbocycles. The van der Waals surface area contributed by atoms with E-state index in [1.54, 1.807) is 0 Å². The van der Waals surface area contributed by atoms with Crippen LogP contribution >= 0.6 is 0 Å². The smallest absolute Gasteiger partial charge is 0.323 e. The highest BCUT2D eigenvalue weighted by molar-refractivity contribution is 5.73. The Balaban J connectivity index is 2.75. The Hall–Kier alpha value is -2.02. The van der Waals surface area contributed by atoms with Gasteiger partial charge in [0, 0.05) is 18.6 Å². The largest absolute Gasteiger partial charge is 0.480 e. The van der Waals surface area contributed by atoms with Crippen molar-refractivity contribution in [1.29, 1.82) is 0 Å². The van der Waals surface area contributed by atoms with Crippen molar-refractivity contribution in [1.82, 2.24) is 5.54 Å². The van der Waals surface area contributed by atoms with Crippen molar-refractivity contribution in [2.24, 2.45) is 0 Å². The van der Waals surface area contributed by atoms with Crippen molar-refractivity contribution in [2.45, 2.75) is 12.5 Å². The normalized spacial score (nSPS) is 12.1. The number of carbonyl (C=O) groups is 1. The van der Waals surface area contributed by atoms with Crippen molar-refractivity contribution >= 4 is 11.7 Å². The van der Waals surface area contributed by atoms with Crippen molar-refractivity contribution < 1.29 is 19.3 Å². The summed E-state index contributed by atoms with van der Waals surface area (Å²) in [6.45, 7) is 0. The van der Waals surface area contributed by atoms with E-state index in [1.165, 1.54) is 24.3 Å². The van der Waals surface area contributed by atoms with Crippen LogP contribution in [0.2, 0.25) is 0 Å². The predicted octanol–water partition coefficient (Wildman–Crippen LogP) is 1.06. The van der Waals surface area contributed by atoms with Crippen LogP contribution in [0, 0.1) is 10.1 Å². The van der Waals surface area contributed by atoms with Gasteiger partial charge >= 0.3 is 5.97 Å². The number of aliphatic carboxylic acids is 1. The molecule has 0 radical (unpaired) electrons. The van der Waals surface area contributed by atoms with E-state index in [2.05, 4.69) is 0 Å². The van der Waals surface area contributed by atoms with Crippen LogP contribution in [0.25, 0.3) is 0 Å². The number of non-ortho nitro benzene ring substituents is 1. The lowest BCUT2D eigenvalue weighted by atomic mass is 10.1. The third kappa shape index (κ3) is 2.99. The Morgan fingerprint density at radius 2 is 2.06 bits per heavy atom. The molecule has 6 nitrogen and oxygen atoms in total. The van der Waals surface area contributed by atoms with Crippen LogP contribution in [0.3, 0.4) is 0 Å². The molecule has 0 fully saturated rings. The van der Waals surface area contributed by atoms with Crippen LogP contribution < -0.4 is 5.54 Å². The van der Waals surface area contributed by atoms with Crippen LogP contribution in [-0.2, 0) is 11.2 Å². The number of nitrogens with zero attached hydrogens (tertiary/aromatic N) is 1. The third-order valence-corrected chi connectivity index (χ3v) is 2.02. The lowest BCUT2D eigenvalue weighted by Crippen LogP contribution is -2.33. The molecule has 7 heteroatoms. The molecule has 0 bridgehead atoms. The van der Waals surface area contributed by atoms with Gasteiger partial charge in [0.2, 0.25) is 0 Å². The van der Waals surface area contributed by atoms with Gasteiger partial charge in [0.15, 0.2) is 0 Å². The van der Waals surface area contributed by atoms with Crippen LogP contribution in [0.5, 0.6) is 0 Å². The molecular formula is C9H9FN2O4. The van der Waals surface area contributed by atoms with Crippen molar-refractivity contribution in [2.75, 3.05) is 0 Å². The second kappa shape index (κ2) is 5.17. The molecule has 2 N–H and O–H groups in total. The van der Waals surface area contributed by atoms with Crippen LogP contribution in [0.15, 0.2) is 24.3 Å². The summed E-state index contributed by atoms with van der Waals surface area (Å²) in [5, 5.41) is 18.9. The molecular weight excluding hydrogens is 219 g/mol. The number of hydrogen-bond acceptors (Lipinski definition) is 4. The number of nitro groups is 1. The number of nitro benzene ring substituents is 1. The van der Waals surface area contributed by atoms with Crippen LogP contribution in [0.1, 0.15) is 5.56 Å². The summed E-state index contributed by atoms with van der Waals surface area (Å²) in [5.41, 5.74) is 1.56. The minimum Gasteiger partial charge on any atom is -0.480 e. The fourth-order valence-corrected chi connectivity index (χ4v) is 1.16. The molecule has 0 spiro atoms. The molecule has 0 aliphatic heterocycles. The van der Waals surface area contributed by atoms with E-state index in [4.69, 9.17) is 5.11 Å². The first-order valence-electron chi connectivity index (χ1n) is 4.37. The zero-order valence-corrected chi connectivity index (χ0v) is 8.09. The minimum absolute atomic E-state index is 0.0795. The van der Waals surface area contributed by atoms with Gasteiger partial charge in [-0.25, -0.2) is 0 Å². The molecule has 0 amide bonds. The van der Waals surface area contributed by atoms with Crippen LogP contribution in [-0.4, -0.2) is 22.0 Å². The van der Waals surface area contributed by atoms with Gasteiger partial charge in [0.25, 0.3) is 5.69 Å². The second-order valence-electron chi connectivity index (χ2n) is 3.13. The summed E-state index contributed by atoms with van der Waals surface area (Å²) >= 11 is 0. The molecule has 0 aromatic heterocycles. The summed E-state index contributed by atoms with van der Waals surface area (Å²) in [5.74, 6) is -1.32. The molecule has 1 rings (SSSR count). The van der Waals surface area contributed by atoms with Gasteiger partial charge in [-0.1, -0.05) is 12.1 Å². The zero-order chi connectivity index (χ0) is 12.1. The standard InChI is InChI=1S/C9H9FN2O4/c10-11-8(9(13)14)5-6-1-3-7(4-2-6)12(15)16/h1-4,8,11H,5H2,(H,13,14)/t8-/m0/s1. The number of nitrogens with one attached hydrogen (secondary N) is 1. The summed E-state index contributed by atoms with van der Waals surface area (Å²) in [6.07, 6.45) is -0.0795. The SMILES string of the molecule is O=C(O)[C@H](Cc1ccc([N+](=O)[O-])cc1)NF. The molecule has 0 saturated heterocycles. The molecule has 0 saturated carbocycles. The van der Waals surface area contributed by atoms with Gasteiger partial charge < -0.3 is 5.11 Å². The summed E-state index contributed by atoms with van der Waals surface area (Å²) in [6, 6.07) is 3.93. The number of carboxylic acid groups (broad SMARTS) is 1. The summed E-state index contributed by atoms with van der Waals surface area (Å²) in [4.78, 5) is 20.3. The third-order valence-electron chi connectivity index (χ3n) is 2.02. The van der Waals surface area contributed by atoms with Gasteiger partial charge in [-0.15, -0.1) is 10.0 Å². The number of hydrogen-bond donors (Lipinski definition) is 2. The fraction of sp³-hybridized carbons (Fsp3) is 0.222. The Labute approximate surface area is 89.8 Å². The average molecular weight is 228 g/mol. The Kier molecular flexibility index (Phi) is 3.90. The maximum Gasteiger partial charge on any atom is 0.323 e. The van der Waals surface area contributed by atoms with Crippen molar-refractivity contribution in [3.05, 3.63) is 39.9 Å². The maximum absolute atomic E-state index is 12.1. The lowest BCUT2D eigenvalue weighted by Gasteiger charge is -2.07. The first-order chi connectivity index (χ1) is 7.54. The average Bonchev–Trinajstić information content (AvgIpc) is 2.26. The predicted molar refractivity (Wildman–Crippen MR) is 52.5 cm³/mol. The van der Waals surface area contributed by atoms with Crippen LogP contribution in [0.4, 0.5) is 10.2 Å². The van der Waals surface area contributed by atoms with Crippen molar-refractivity contribution in [3.8, 4) is 0 Å². The number of carboxylic acids is 1. The van der Waals surface area contributed by atoms with Gasteiger partial charge in [-0.2, -0.15) is 0 Å². The Morgan fingerprint density at radius 3 is 2.44 bits per heavy atom. The van der Waals surface area contributed by atoms with E-state index in [0.29, 0.717) is 5.56 Å². The summed E-state index contributed by atoms with van der Waals surface area (Å²) < 4.78 is 12.1. The summed E-state index contributed by atoms with van der Waals surface area (Å²) in [7, 11) is 0. The molecule has 1 aromatic rings. The minimum atomic E-state index is -1.35. The maximum atomic E-state index is 12.1. The highest BCUT2D eigenvalue weighted by Gasteiger charge is 2.17. The van der Waals surface area contributed by atoms with Gasteiger partial charge in [0.1, 0.15) is 6.04 Å². The van der Waals surface area contributed by atoms with Gasteiger partial charge in [0.05, 0.1) is 4.92 Å². The van der Waals surface area contributed by atoms with Crippen molar-refractivity contribution in [3.63, 3.8) is 0 Å². The molecule has 86 valence electrons. The Morgan fingerprint density at radius 1 is 1.50 bits per heavy atom. The second-order valence-corrected chi connectivity index (χ2v) is 3.13. The van der Waals surface area contributed by atoms with E-state index in [1.807, 2.05) is 0 Å². The van der Waals surface area contributed by atoms with Gasteiger partial charge in [-0.05, 0) is 5.56 Å². The molecule has 0 aliphatic carbocycles. The highest BCUT2D eigenvalue weighted by atomic mass is 19.2. The number of benzene rings is 1. The molecule has 0 heterocycles. The topological polar surface area (TPSA) is 92.5 Å². The number of rotatable bonds is 5. The molecule has 0 aliphatic rings. The van der Waals surface area contributed by atoms with E-state index >= 15 is 0 Å². The lowest BCUT2D eigenvalue weighted by molar-refractivity contribution is -0.384. The quantitative estimate of drug-likeness (QED) is 0.446. The van der Waals surface area contributed by atoms with Gasteiger partial charge in [-0.3, -0.25) is 14.9 Å². The molecule has 0 unspecified atom stereocenters.